The molecule has 0 spiro atoms. The molecule has 0 aliphatic carbocycles. The number of alkyl halides is 3. The highest BCUT2D eigenvalue weighted by Gasteiger charge is 2.29. The lowest BCUT2D eigenvalue weighted by molar-refractivity contribution is -0.141. The number of hydrazone groups is 1. The third-order valence-corrected chi connectivity index (χ3v) is 4.55. The number of hydrogen-bond acceptors (Lipinski definition) is 4. The zero-order valence-electron chi connectivity index (χ0n) is 13.1. The van der Waals surface area contributed by atoms with E-state index in [-0.39, 0.29) is 0 Å². The fraction of sp³-hybridized carbons (Fsp3) is 0.250. The molecule has 24 heavy (non-hydrogen) atoms. The van der Waals surface area contributed by atoms with E-state index in [2.05, 4.69) is 15.5 Å². The maximum atomic E-state index is 12.6. The number of thiazole rings is 1. The lowest BCUT2D eigenvalue weighted by Crippen LogP contribution is -2.19. The minimum absolute atomic E-state index is 0.527. The molecular formula is C16H15F3N4S. The highest BCUT2D eigenvalue weighted by molar-refractivity contribution is 7.22. The van der Waals surface area contributed by atoms with E-state index in [0.717, 1.165) is 10.2 Å². The van der Waals surface area contributed by atoms with Crippen LogP contribution in [0, 0.1) is 13.8 Å². The smallest absolute Gasteiger partial charge is 0.339 e. The highest BCUT2D eigenvalue weighted by atomic mass is 32.1. The molecule has 0 unspecified atom stereocenters. The van der Waals surface area contributed by atoms with Crippen LogP contribution in [0.2, 0.25) is 0 Å². The van der Waals surface area contributed by atoms with Crippen LogP contribution in [0.5, 0.6) is 0 Å². The first-order chi connectivity index (χ1) is 11.3. The number of benzene rings is 1. The number of hydrogen-bond donors (Lipinski definition) is 1. The number of halogens is 3. The summed E-state index contributed by atoms with van der Waals surface area (Å²) in [6.45, 7) is 2.30. The second-order valence-electron chi connectivity index (χ2n) is 5.38. The topological polar surface area (TPSA) is 42.2 Å². The SMILES string of the molecule is Cc1cc(/C=N/Nc2nc3ccccc3s2)c(C)n1CC(F)(F)F. The molecule has 0 aliphatic heterocycles. The molecule has 1 N–H and O–H groups in total. The molecule has 0 saturated heterocycles. The van der Waals surface area contributed by atoms with Crippen molar-refractivity contribution >= 4 is 32.9 Å². The van der Waals surface area contributed by atoms with E-state index in [0.29, 0.717) is 22.1 Å². The van der Waals surface area contributed by atoms with Gasteiger partial charge in [0.05, 0.1) is 16.4 Å². The minimum atomic E-state index is -4.25. The monoisotopic (exact) mass is 352 g/mol. The van der Waals surface area contributed by atoms with Crippen LogP contribution in [0.25, 0.3) is 10.2 Å². The van der Waals surface area contributed by atoms with E-state index in [4.69, 9.17) is 0 Å². The van der Waals surface area contributed by atoms with Gasteiger partial charge in [-0.3, -0.25) is 5.43 Å². The van der Waals surface area contributed by atoms with Gasteiger partial charge in [0.2, 0.25) is 5.13 Å². The predicted octanol–water partition coefficient (Wildman–Crippen LogP) is 4.72. The van der Waals surface area contributed by atoms with Gasteiger partial charge in [-0.15, -0.1) is 0 Å². The fourth-order valence-corrected chi connectivity index (χ4v) is 3.27. The number of anilines is 1. The van der Waals surface area contributed by atoms with E-state index in [9.17, 15) is 13.2 Å². The fourth-order valence-electron chi connectivity index (χ4n) is 2.46. The molecule has 0 aliphatic rings. The van der Waals surface area contributed by atoms with Gasteiger partial charge in [-0.1, -0.05) is 23.5 Å². The number of aromatic nitrogens is 2. The van der Waals surface area contributed by atoms with Gasteiger partial charge >= 0.3 is 6.18 Å². The Labute approximate surface area is 140 Å². The van der Waals surface area contributed by atoms with Crippen LogP contribution >= 0.6 is 11.3 Å². The molecule has 0 bridgehead atoms. The summed E-state index contributed by atoms with van der Waals surface area (Å²) in [5, 5.41) is 4.73. The van der Waals surface area contributed by atoms with Crippen LogP contribution in [0.15, 0.2) is 35.4 Å². The number of para-hydroxylation sites is 1. The van der Waals surface area contributed by atoms with Crippen molar-refractivity contribution in [3.63, 3.8) is 0 Å². The van der Waals surface area contributed by atoms with Crippen molar-refractivity contribution in [1.82, 2.24) is 9.55 Å². The van der Waals surface area contributed by atoms with Gasteiger partial charge in [-0.05, 0) is 32.0 Å². The standard InChI is InChI=1S/C16H15F3N4S/c1-10-7-12(11(2)23(10)9-16(17,18)19)8-20-22-15-21-13-5-3-4-6-14(13)24-15/h3-8H,9H2,1-2H3,(H,21,22)/b20-8+. The van der Waals surface area contributed by atoms with Crippen molar-refractivity contribution < 1.29 is 13.2 Å². The number of aryl methyl sites for hydroxylation is 1. The average molecular weight is 352 g/mol. The summed E-state index contributed by atoms with van der Waals surface area (Å²) >= 11 is 1.46. The summed E-state index contributed by atoms with van der Waals surface area (Å²) in [6, 6.07) is 9.40. The number of fused-ring (bicyclic) bond motifs is 1. The van der Waals surface area contributed by atoms with Crippen LogP contribution in [-0.4, -0.2) is 21.9 Å². The molecule has 0 radical (unpaired) electrons. The van der Waals surface area contributed by atoms with Crippen LogP contribution in [0.1, 0.15) is 17.0 Å². The Balaban J connectivity index is 1.76. The predicted molar refractivity (Wildman–Crippen MR) is 90.8 cm³/mol. The molecule has 2 heterocycles. The zero-order chi connectivity index (χ0) is 17.3. The van der Waals surface area contributed by atoms with E-state index >= 15 is 0 Å². The third kappa shape index (κ3) is 3.59. The summed E-state index contributed by atoms with van der Waals surface area (Å²) in [5.74, 6) is 0. The van der Waals surface area contributed by atoms with Crippen molar-refractivity contribution in [2.75, 3.05) is 5.43 Å². The number of rotatable bonds is 4. The molecule has 0 saturated carbocycles. The first kappa shape index (κ1) is 16.5. The van der Waals surface area contributed by atoms with Crippen LogP contribution in [0.4, 0.5) is 18.3 Å². The summed E-state index contributed by atoms with van der Waals surface area (Å²) in [6.07, 6.45) is -2.73. The van der Waals surface area contributed by atoms with E-state index in [1.807, 2.05) is 24.3 Å². The van der Waals surface area contributed by atoms with E-state index in [1.165, 1.54) is 22.1 Å². The Morgan fingerprint density at radius 3 is 2.75 bits per heavy atom. The normalized spacial score (nSPS) is 12.4. The summed E-state index contributed by atoms with van der Waals surface area (Å²) in [5.41, 5.74) is 5.43. The van der Waals surface area contributed by atoms with Crippen molar-refractivity contribution in [1.29, 1.82) is 0 Å². The molecule has 126 valence electrons. The van der Waals surface area contributed by atoms with Gasteiger partial charge in [0.15, 0.2) is 0 Å². The summed E-state index contributed by atoms with van der Waals surface area (Å²) in [4.78, 5) is 4.38. The second-order valence-corrected chi connectivity index (χ2v) is 6.42. The lowest BCUT2D eigenvalue weighted by Gasteiger charge is -2.12. The molecule has 4 nitrogen and oxygen atoms in total. The van der Waals surface area contributed by atoms with Gasteiger partial charge in [0.25, 0.3) is 0 Å². The number of nitrogens with zero attached hydrogens (tertiary/aromatic N) is 3. The maximum Gasteiger partial charge on any atom is 0.406 e. The quantitative estimate of drug-likeness (QED) is 0.545. The number of nitrogens with one attached hydrogen (secondary N) is 1. The van der Waals surface area contributed by atoms with Crippen molar-refractivity contribution in [3.8, 4) is 0 Å². The molecule has 0 fully saturated rings. The molecule has 2 aromatic heterocycles. The van der Waals surface area contributed by atoms with Gasteiger partial charge in [-0.25, -0.2) is 4.98 Å². The summed E-state index contributed by atoms with van der Waals surface area (Å²) < 4.78 is 40.1. The van der Waals surface area contributed by atoms with Crippen molar-refractivity contribution in [2.24, 2.45) is 5.10 Å². The maximum absolute atomic E-state index is 12.6. The van der Waals surface area contributed by atoms with Gasteiger partial charge in [0, 0.05) is 17.0 Å². The van der Waals surface area contributed by atoms with Crippen LogP contribution in [-0.2, 0) is 6.54 Å². The summed E-state index contributed by atoms with van der Waals surface area (Å²) in [7, 11) is 0. The Morgan fingerprint density at radius 2 is 2.04 bits per heavy atom. The Hall–Kier alpha value is -2.35. The second kappa shape index (κ2) is 6.27. The van der Waals surface area contributed by atoms with Crippen LogP contribution < -0.4 is 5.43 Å². The third-order valence-electron chi connectivity index (χ3n) is 3.61. The van der Waals surface area contributed by atoms with Crippen molar-refractivity contribution in [2.45, 2.75) is 26.6 Å². The molecule has 0 amide bonds. The van der Waals surface area contributed by atoms with Crippen LogP contribution in [0.3, 0.4) is 0 Å². The van der Waals surface area contributed by atoms with Crippen molar-refractivity contribution in [3.05, 3.63) is 47.3 Å². The van der Waals surface area contributed by atoms with E-state index in [1.54, 1.807) is 19.9 Å². The highest BCUT2D eigenvalue weighted by Crippen LogP contribution is 2.25. The van der Waals surface area contributed by atoms with E-state index < -0.39 is 12.7 Å². The first-order valence-electron chi connectivity index (χ1n) is 7.21. The average Bonchev–Trinajstić information content (AvgIpc) is 3.02. The molecule has 3 aromatic rings. The molecule has 1 aromatic carbocycles. The molecule has 3 rings (SSSR count). The first-order valence-corrected chi connectivity index (χ1v) is 8.03. The largest absolute Gasteiger partial charge is 0.406 e. The minimum Gasteiger partial charge on any atom is -0.339 e. The Bertz CT molecular complexity index is 859. The Kier molecular flexibility index (Phi) is 4.31. The van der Waals surface area contributed by atoms with Gasteiger partial charge in [-0.2, -0.15) is 18.3 Å². The van der Waals surface area contributed by atoms with Gasteiger partial charge in [0.1, 0.15) is 6.54 Å². The zero-order valence-corrected chi connectivity index (χ0v) is 13.9. The molecule has 0 atom stereocenters. The van der Waals surface area contributed by atoms with Gasteiger partial charge < -0.3 is 4.57 Å². The molecule has 8 heteroatoms. The molecular weight excluding hydrogens is 337 g/mol. The Morgan fingerprint density at radius 1 is 1.29 bits per heavy atom. The lowest BCUT2D eigenvalue weighted by atomic mass is 10.3.